The molecule has 2 nitrogen and oxygen atoms in total. The summed E-state index contributed by atoms with van der Waals surface area (Å²) in [4.78, 5) is 0. The number of nitriles is 1. The second-order valence-corrected chi connectivity index (χ2v) is 4.83. The molecule has 0 heterocycles. The fourth-order valence-corrected chi connectivity index (χ4v) is 2.14. The van der Waals surface area contributed by atoms with Crippen LogP contribution in [0.1, 0.15) is 22.3 Å². The molecule has 0 aromatic heterocycles. The van der Waals surface area contributed by atoms with E-state index in [1.807, 2.05) is 6.07 Å². The molecule has 0 fully saturated rings. The van der Waals surface area contributed by atoms with Crippen LogP contribution in [0.2, 0.25) is 0 Å². The monoisotopic (exact) mass is 268 g/mol. The summed E-state index contributed by atoms with van der Waals surface area (Å²) in [5, 5.41) is 12.2. The maximum atomic E-state index is 13.2. The predicted molar refractivity (Wildman–Crippen MR) is 77.7 cm³/mol. The van der Waals surface area contributed by atoms with Gasteiger partial charge in [0.2, 0.25) is 0 Å². The number of nitrogens with one attached hydrogen (secondary N) is 1. The highest BCUT2D eigenvalue weighted by molar-refractivity contribution is 5.37. The van der Waals surface area contributed by atoms with E-state index in [9.17, 15) is 4.39 Å². The Bertz CT molecular complexity index is 629. The van der Waals surface area contributed by atoms with Crippen LogP contribution in [0, 0.1) is 24.1 Å². The van der Waals surface area contributed by atoms with Gasteiger partial charge in [0.1, 0.15) is 5.82 Å². The van der Waals surface area contributed by atoms with E-state index in [0.717, 1.165) is 13.0 Å². The Hall–Kier alpha value is -2.18. The number of aryl methyl sites for hydroxylation is 1. The highest BCUT2D eigenvalue weighted by Gasteiger charge is 2.03. The first-order valence-electron chi connectivity index (χ1n) is 6.64. The van der Waals surface area contributed by atoms with Gasteiger partial charge < -0.3 is 5.32 Å². The van der Waals surface area contributed by atoms with Crippen LogP contribution in [0.3, 0.4) is 0 Å². The van der Waals surface area contributed by atoms with E-state index in [1.165, 1.54) is 29.3 Å². The van der Waals surface area contributed by atoms with E-state index in [0.29, 0.717) is 17.7 Å². The molecule has 0 aliphatic carbocycles. The lowest BCUT2D eigenvalue weighted by Gasteiger charge is -2.07. The Morgan fingerprint density at radius 2 is 2.05 bits per heavy atom. The van der Waals surface area contributed by atoms with Crippen LogP contribution in [0.4, 0.5) is 4.39 Å². The number of halogens is 1. The third kappa shape index (κ3) is 3.91. The van der Waals surface area contributed by atoms with Crippen molar-refractivity contribution in [2.24, 2.45) is 0 Å². The lowest BCUT2D eigenvalue weighted by Crippen LogP contribution is -2.17. The zero-order valence-electron chi connectivity index (χ0n) is 11.5. The molecule has 2 aromatic rings. The van der Waals surface area contributed by atoms with Crippen molar-refractivity contribution in [3.05, 3.63) is 70.5 Å². The molecule has 1 N–H and O–H groups in total. The molecule has 0 radical (unpaired) electrons. The van der Waals surface area contributed by atoms with Crippen molar-refractivity contribution in [3.63, 3.8) is 0 Å². The minimum Gasteiger partial charge on any atom is -0.312 e. The van der Waals surface area contributed by atoms with Crippen LogP contribution >= 0.6 is 0 Å². The van der Waals surface area contributed by atoms with Gasteiger partial charge in [-0.3, -0.25) is 0 Å². The molecular weight excluding hydrogens is 251 g/mol. The molecule has 0 bridgehead atoms. The number of nitrogens with zero attached hydrogens (tertiary/aromatic N) is 1. The fraction of sp³-hybridized carbons (Fsp3) is 0.235. The summed E-state index contributed by atoms with van der Waals surface area (Å²) in [6, 6.07) is 14.7. The average Bonchev–Trinajstić information content (AvgIpc) is 2.44. The summed E-state index contributed by atoms with van der Waals surface area (Å²) < 4.78 is 13.2. The summed E-state index contributed by atoms with van der Waals surface area (Å²) in [5.41, 5.74) is 3.75. The van der Waals surface area contributed by atoms with Crippen molar-refractivity contribution in [1.29, 1.82) is 5.26 Å². The summed E-state index contributed by atoms with van der Waals surface area (Å²) >= 11 is 0. The predicted octanol–water partition coefficient (Wildman–Crippen LogP) is 3.34. The first kappa shape index (κ1) is 14.2. The van der Waals surface area contributed by atoms with Gasteiger partial charge in [0, 0.05) is 6.54 Å². The van der Waals surface area contributed by atoms with Gasteiger partial charge >= 0.3 is 0 Å². The molecule has 0 saturated heterocycles. The Morgan fingerprint density at radius 3 is 2.80 bits per heavy atom. The number of hydrogen-bond acceptors (Lipinski definition) is 2. The SMILES string of the molecule is Cc1cccc(CCNCc2cc(F)ccc2C#N)c1. The molecule has 0 spiro atoms. The summed E-state index contributed by atoms with van der Waals surface area (Å²) in [5.74, 6) is -0.306. The standard InChI is InChI=1S/C17H17FN2/c1-13-3-2-4-14(9-13)7-8-20-12-16-10-17(18)6-5-15(16)11-19/h2-6,9-10,20H,7-8,12H2,1H3. The third-order valence-corrected chi connectivity index (χ3v) is 3.18. The molecule has 102 valence electrons. The Morgan fingerprint density at radius 1 is 1.20 bits per heavy atom. The smallest absolute Gasteiger partial charge is 0.123 e. The second kappa shape index (κ2) is 6.83. The molecule has 0 amide bonds. The lowest BCUT2D eigenvalue weighted by atomic mass is 10.1. The zero-order valence-corrected chi connectivity index (χ0v) is 11.5. The van der Waals surface area contributed by atoms with E-state index in [1.54, 1.807) is 0 Å². The minimum absolute atomic E-state index is 0.306. The van der Waals surface area contributed by atoms with Crippen molar-refractivity contribution in [3.8, 4) is 6.07 Å². The van der Waals surface area contributed by atoms with Gasteiger partial charge in [-0.25, -0.2) is 4.39 Å². The second-order valence-electron chi connectivity index (χ2n) is 4.83. The summed E-state index contributed by atoms with van der Waals surface area (Å²) in [6.45, 7) is 3.38. The van der Waals surface area contributed by atoms with E-state index in [-0.39, 0.29) is 5.82 Å². The fourth-order valence-electron chi connectivity index (χ4n) is 2.14. The van der Waals surface area contributed by atoms with Crippen molar-refractivity contribution >= 4 is 0 Å². The average molecular weight is 268 g/mol. The largest absolute Gasteiger partial charge is 0.312 e. The molecule has 0 unspecified atom stereocenters. The molecule has 3 heteroatoms. The van der Waals surface area contributed by atoms with Gasteiger partial charge in [-0.1, -0.05) is 29.8 Å². The van der Waals surface area contributed by atoms with Crippen LogP contribution in [0.15, 0.2) is 42.5 Å². The van der Waals surface area contributed by atoms with Crippen LogP contribution in [0.25, 0.3) is 0 Å². The number of hydrogen-bond donors (Lipinski definition) is 1. The number of rotatable bonds is 5. The van der Waals surface area contributed by atoms with Crippen LogP contribution in [-0.4, -0.2) is 6.54 Å². The van der Waals surface area contributed by atoms with Gasteiger partial charge in [-0.05, 0) is 49.2 Å². The van der Waals surface area contributed by atoms with Crippen molar-refractivity contribution in [2.75, 3.05) is 6.54 Å². The molecule has 2 aromatic carbocycles. The van der Waals surface area contributed by atoms with Crippen molar-refractivity contribution in [1.82, 2.24) is 5.32 Å². The van der Waals surface area contributed by atoms with Gasteiger partial charge in [0.15, 0.2) is 0 Å². The highest BCUT2D eigenvalue weighted by atomic mass is 19.1. The lowest BCUT2D eigenvalue weighted by molar-refractivity contribution is 0.619. The van der Waals surface area contributed by atoms with Gasteiger partial charge in [0.05, 0.1) is 11.6 Å². The summed E-state index contributed by atoms with van der Waals surface area (Å²) in [7, 11) is 0. The molecule has 20 heavy (non-hydrogen) atoms. The third-order valence-electron chi connectivity index (χ3n) is 3.18. The Labute approximate surface area is 118 Å². The van der Waals surface area contributed by atoms with E-state index < -0.39 is 0 Å². The molecular formula is C17H17FN2. The number of benzene rings is 2. The van der Waals surface area contributed by atoms with Gasteiger partial charge in [-0.2, -0.15) is 5.26 Å². The van der Waals surface area contributed by atoms with Crippen LogP contribution in [-0.2, 0) is 13.0 Å². The van der Waals surface area contributed by atoms with Crippen molar-refractivity contribution < 1.29 is 4.39 Å². The minimum atomic E-state index is -0.306. The molecule has 2 rings (SSSR count). The van der Waals surface area contributed by atoms with Crippen LogP contribution in [0.5, 0.6) is 0 Å². The Balaban J connectivity index is 1.87. The first-order chi connectivity index (χ1) is 9.69. The van der Waals surface area contributed by atoms with E-state index >= 15 is 0 Å². The zero-order chi connectivity index (χ0) is 14.4. The normalized spacial score (nSPS) is 10.2. The molecule has 0 aliphatic heterocycles. The first-order valence-corrected chi connectivity index (χ1v) is 6.64. The maximum Gasteiger partial charge on any atom is 0.123 e. The Kier molecular flexibility index (Phi) is 4.86. The topological polar surface area (TPSA) is 35.8 Å². The molecule has 0 atom stereocenters. The van der Waals surface area contributed by atoms with Crippen molar-refractivity contribution in [2.45, 2.75) is 19.9 Å². The molecule has 0 saturated carbocycles. The van der Waals surface area contributed by atoms with Gasteiger partial charge in [-0.15, -0.1) is 0 Å². The van der Waals surface area contributed by atoms with Crippen LogP contribution < -0.4 is 5.32 Å². The quantitative estimate of drug-likeness (QED) is 0.844. The highest BCUT2D eigenvalue weighted by Crippen LogP contribution is 2.10. The van der Waals surface area contributed by atoms with E-state index in [2.05, 4.69) is 36.5 Å². The maximum absolute atomic E-state index is 13.2. The summed E-state index contributed by atoms with van der Waals surface area (Å²) in [6.07, 6.45) is 0.916. The van der Waals surface area contributed by atoms with Gasteiger partial charge in [0.25, 0.3) is 0 Å². The molecule has 0 aliphatic rings. The van der Waals surface area contributed by atoms with E-state index in [4.69, 9.17) is 5.26 Å².